The van der Waals surface area contributed by atoms with Crippen LogP contribution >= 0.6 is 0 Å². The Morgan fingerprint density at radius 2 is 2.21 bits per heavy atom. The van der Waals surface area contributed by atoms with Crippen molar-refractivity contribution in [2.45, 2.75) is 64.1 Å². The van der Waals surface area contributed by atoms with Crippen molar-refractivity contribution in [3.8, 4) is 0 Å². The van der Waals surface area contributed by atoms with Crippen molar-refractivity contribution in [3.05, 3.63) is 29.6 Å². The predicted molar refractivity (Wildman–Crippen MR) is 89.3 cm³/mol. The van der Waals surface area contributed by atoms with Crippen LogP contribution in [0.3, 0.4) is 0 Å². The van der Waals surface area contributed by atoms with Crippen LogP contribution in [0.25, 0.3) is 0 Å². The van der Waals surface area contributed by atoms with E-state index in [0.29, 0.717) is 5.69 Å². The highest BCUT2D eigenvalue weighted by Gasteiger charge is 2.23. The van der Waals surface area contributed by atoms with E-state index in [9.17, 15) is 4.79 Å². The van der Waals surface area contributed by atoms with E-state index < -0.39 is 0 Å². The van der Waals surface area contributed by atoms with E-state index in [2.05, 4.69) is 25.6 Å². The molecule has 2 heterocycles. The fraction of sp³-hybridized carbons (Fsp3) is 0.625. The standard InChI is InChI=1S/C16H25N7O/c1-3-13(15-18-8-10(2)19-15)20-16(24)14-9-23(22-21-14)12-6-4-11(17)5-7-12/h8-9,11-13H,3-7,17H2,1-2H3,(H,18,19)(H,20,24)/t11?,12?,13-/m0/s1. The van der Waals surface area contributed by atoms with Crippen LogP contribution in [0.15, 0.2) is 12.4 Å². The number of nitrogens with zero attached hydrogens (tertiary/aromatic N) is 4. The first-order chi connectivity index (χ1) is 11.6. The third-order valence-corrected chi connectivity index (χ3v) is 4.62. The highest BCUT2D eigenvalue weighted by Crippen LogP contribution is 2.26. The molecule has 1 aliphatic carbocycles. The van der Waals surface area contributed by atoms with Crippen LogP contribution in [0.4, 0.5) is 0 Å². The number of aromatic amines is 1. The van der Waals surface area contributed by atoms with Gasteiger partial charge in [-0.2, -0.15) is 0 Å². The maximum absolute atomic E-state index is 12.5. The van der Waals surface area contributed by atoms with Gasteiger partial charge in [-0.3, -0.25) is 4.79 Å². The molecule has 0 aliphatic heterocycles. The van der Waals surface area contributed by atoms with E-state index >= 15 is 0 Å². The fourth-order valence-corrected chi connectivity index (χ4v) is 3.13. The molecule has 8 heteroatoms. The molecule has 0 unspecified atom stereocenters. The lowest BCUT2D eigenvalue weighted by Gasteiger charge is -2.25. The molecule has 0 spiro atoms. The lowest BCUT2D eigenvalue weighted by molar-refractivity contribution is 0.0928. The van der Waals surface area contributed by atoms with Crippen LogP contribution < -0.4 is 11.1 Å². The summed E-state index contributed by atoms with van der Waals surface area (Å²) in [7, 11) is 0. The van der Waals surface area contributed by atoms with E-state index in [0.717, 1.165) is 43.6 Å². The minimum absolute atomic E-state index is 0.163. The zero-order valence-electron chi connectivity index (χ0n) is 14.2. The molecule has 1 saturated carbocycles. The smallest absolute Gasteiger partial charge is 0.274 e. The second-order valence-corrected chi connectivity index (χ2v) is 6.54. The number of amides is 1. The lowest BCUT2D eigenvalue weighted by Crippen LogP contribution is -2.29. The van der Waals surface area contributed by atoms with Crippen molar-refractivity contribution in [2.24, 2.45) is 5.73 Å². The number of nitrogens with two attached hydrogens (primary N) is 1. The van der Waals surface area contributed by atoms with Gasteiger partial charge in [0.1, 0.15) is 5.82 Å². The Morgan fingerprint density at radius 3 is 2.83 bits per heavy atom. The molecule has 0 saturated heterocycles. The predicted octanol–water partition coefficient (Wildman–Crippen LogP) is 1.63. The summed E-state index contributed by atoms with van der Waals surface area (Å²) in [5.41, 5.74) is 7.25. The molecule has 130 valence electrons. The molecule has 1 aliphatic rings. The second-order valence-electron chi connectivity index (χ2n) is 6.54. The molecule has 2 aromatic heterocycles. The Morgan fingerprint density at radius 1 is 1.46 bits per heavy atom. The number of H-pyrrole nitrogens is 1. The first-order valence-corrected chi connectivity index (χ1v) is 8.56. The van der Waals surface area contributed by atoms with Gasteiger partial charge in [0, 0.05) is 17.9 Å². The van der Waals surface area contributed by atoms with Crippen molar-refractivity contribution < 1.29 is 4.79 Å². The first kappa shape index (κ1) is 16.6. The Labute approximate surface area is 141 Å². The highest BCUT2D eigenvalue weighted by atomic mass is 16.2. The van der Waals surface area contributed by atoms with Crippen LogP contribution in [0.1, 0.15) is 73.1 Å². The van der Waals surface area contributed by atoms with Gasteiger partial charge in [0.05, 0.1) is 18.3 Å². The molecule has 4 N–H and O–H groups in total. The van der Waals surface area contributed by atoms with E-state index in [1.165, 1.54) is 0 Å². The molecule has 8 nitrogen and oxygen atoms in total. The Balaban J connectivity index is 1.65. The summed E-state index contributed by atoms with van der Waals surface area (Å²) in [6.07, 6.45) is 8.17. The largest absolute Gasteiger partial charge is 0.344 e. The van der Waals surface area contributed by atoms with E-state index in [-0.39, 0.29) is 24.0 Å². The second kappa shape index (κ2) is 7.12. The number of rotatable bonds is 5. The summed E-state index contributed by atoms with van der Waals surface area (Å²) < 4.78 is 1.80. The van der Waals surface area contributed by atoms with Crippen LogP contribution in [0.5, 0.6) is 0 Å². The average molecular weight is 331 g/mol. The van der Waals surface area contributed by atoms with Crippen molar-refractivity contribution >= 4 is 5.91 Å². The molecule has 0 aromatic carbocycles. The molecule has 1 atom stereocenters. The van der Waals surface area contributed by atoms with Gasteiger partial charge in [-0.05, 0) is 39.0 Å². The minimum atomic E-state index is -0.227. The minimum Gasteiger partial charge on any atom is -0.344 e. The molecule has 2 aromatic rings. The van der Waals surface area contributed by atoms with Crippen LogP contribution in [0.2, 0.25) is 0 Å². The van der Waals surface area contributed by atoms with Crippen LogP contribution in [-0.2, 0) is 0 Å². The fourth-order valence-electron chi connectivity index (χ4n) is 3.13. The number of aromatic nitrogens is 5. The van der Waals surface area contributed by atoms with Gasteiger partial charge < -0.3 is 16.0 Å². The zero-order chi connectivity index (χ0) is 17.1. The molecular weight excluding hydrogens is 306 g/mol. The van der Waals surface area contributed by atoms with E-state index in [1.807, 2.05) is 13.8 Å². The molecule has 1 fully saturated rings. The Hall–Kier alpha value is -2.22. The van der Waals surface area contributed by atoms with E-state index in [4.69, 9.17) is 5.73 Å². The Kier molecular flexibility index (Phi) is 4.94. The van der Waals surface area contributed by atoms with Crippen molar-refractivity contribution in [2.75, 3.05) is 0 Å². The number of hydrogen-bond acceptors (Lipinski definition) is 5. The third kappa shape index (κ3) is 3.64. The monoisotopic (exact) mass is 331 g/mol. The summed E-state index contributed by atoms with van der Waals surface area (Å²) in [6.45, 7) is 3.94. The number of aryl methyl sites for hydroxylation is 1. The average Bonchev–Trinajstić information content (AvgIpc) is 3.22. The molecule has 0 bridgehead atoms. The molecule has 0 radical (unpaired) electrons. The van der Waals surface area contributed by atoms with Gasteiger partial charge in [0.15, 0.2) is 5.69 Å². The van der Waals surface area contributed by atoms with Crippen molar-refractivity contribution in [3.63, 3.8) is 0 Å². The van der Waals surface area contributed by atoms with Gasteiger partial charge in [0.2, 0.25) is 0 Å². The molecule has 24 heavy (non-hydrogen) atoms. The van der Waals surface area contributed by atoms with E-state index in [1.54, 1.807) is 17.1 Å². The summed E-state index contributed by atoms with van der Waals surface area (Å²) >= 11 is 0. The van der Waals surface area contributed by atoms with Crippen LogP contribution in [0, 0.1) is 6.92 Å². The maximum Gasteiger partial charge on any atom is 0.274 e. The maximum atomic E-state index is 12.5. The van der Waals surface area contributed by atoms with Gasteiger partial charge in [-0.25, -0.2) is 9.67 Å². The van der Waals surface area contributed by atoms with Gasteiger partial charge in [-0.1, -0.05) is 12.1 Å². The van der Waals surface area contributed by atoms with Gasteiger partial charge in [0.25, 0.3) is 5.91 Å². The van der Waals surface area contributed by atoms with Crippen molar-refractivity contribution in [1.29, 1.82) is 0 Å². The number of imidazole rings is 1. The quantitative estimate of drug-likeness (QED) is 0.770. The normalized spacial score (nSPS) is 22.3. The van der Waals surface area contributed by atoms with Gasteiger partial charge >= 0.3 is 0 Å². The topological polar surface area (TPSA) is 115 Å². The van der Waals surface area contributed by atoms with Crippen molar-refractivity contribution in [1.82, 2.24) is 30.3 Å². The Bertz CT molecular complexity index is 684. The summed E-state index contributed by atoms with van der Waals surface area (Å²) in [5, 5.41) is 11.1. The molecule has 3 rings (SSSR count). The number of carbonyl (C=O) groups excluding carboxylic acids is 1. The van der Waals surface area contributed by atoms with Gasteiger partial charge in [-0.15, -0.1) is 5.10 Å². The highest BCUT2D eigenvalue weighted by molar-refractivity contribution is 5.92. The summed E-state index contributed by atoms with van der Waals surface area (Å²) in [4.78, 5) is 19.9. The number of hydrogen-bond donors (Lipinski definition) is 3. The van der Waals surface area contributed by atoms with Crippen LogP contribution in [-0.4, -0.2) is 36.9 Å². The number of nitrogens with one attached hydrogen (secondary N) is 2. The zero-order valence-corrected chi connectivity index (χ0v) is 14.2. The third-order valence-electron chi connectivity index (χ3n) is 4.62. The number of carbonyl (C=O) groups is 1. The lowest BCUT2D eigenvalue weighted by atomic mass is 9.92. The molecule has 1 amide bonds. The summed E-state index contributed by atoms with van der Waals surface area (Å²) in [6, 6.07) is 0.409. The SMILES string of the molecule is CC[C@H](NC(=O)c1cn(C2CCC(N)CC2)nn1)c1ncc(C)[nH]1. The molecular formula is C16H25N7O. The summed E-state index contributed by atoms with van der Waals surface area (Å²) in [5.74, 6) is 0.534. The first-order valence-electron chi connectivity index (χ1n) is 8.56.